The van der Waals surface area contributed by atoms with Gasteiger partial charge in [-0.3, -0.25) is 0 Å². The summed E-state index contributed by atoms with van der Waals surface area (Å²) in [6, 6.07) is 6.36. The Morgan fingerprint density at radius 1 is 0.931 bits per heavy atom. The van der Waals surface area contributed by atoms with Crippen LogP contribution in [0.1, 0.15) is 5.56 Å². The molecule has 1 fully saturated rings. The highest BCUT2D eigenvalue weighted by atomic mass is 32.2. The maximum Gasteiger partial charge on any atom is 0.218 e. The topological polar surface area (TPSA) is 84.2 Å². The number of hydrogen-bond donors (Lipinski definition) is 0. The Hall–Kier alpha value is -2.92. The number of benzene rings is 1. The second-order valence-electron chi connectivity index (χ2n) is 6.61. The minimum atomic E-state index is -3.69. The molecule has 0 amide bonds. The largest absolute Gasteiger partial charge is 0.354 e. The molecular weight excluding hydrogens is 402 g/mol. The van der Waals surface area contributed by atoms with E-state index in [2.05, 4.69) is 15.1 Å². The van der Waals surface area contributed by atoms with Crippen LogP contribution in [0.15, 0.2) is 49.1 Å². The molecule has 3 aromatic rings. The monoisotopic (exact) mass is 420 g/mol. The van der Waals surface area contributed by atoms with Gasteiger partial charge in [-0.05, 0) is 23.8 Å². The normalized spacial score (nSPS) is 15.6. The van der Waals surface area contributed by atoms with Gasteiger partial charge in [-0.1, -0.05) is 0 Å². The van der Waals surface area contributed by atoms with Gasteiger partial charge in [-0.2, -0.15) is 9.40 Å². The van der Waals surface area contributed by atoms with Crippen LogP contribution in [-0.4, -0.2) is 58.7 Å². The van der Waals surface area contributed by atoms with Crippen LogP contribution < -0.4 is 4.90 Å². The zero-order valence-corrected chi connectivity index (χ0v) is 16.1. The number of sulfonamides is 1. The molecule has 0 atom stereocenters. The number of hydrogen-bond acceptors (Lipinski definition) is 6. The van der Waals surface area contributed by atoms with Crippen molar-refractivity contribution in [2.45, 2.75) is 5.75 Å². The third kappa shape index (κ3) is 4.40. The molecule has 4 rings (SSSR count). The van der Waals surface area contributed by atoms with Gasteiger partial charge in [-0.15, -0.1) is 0 Å². The first kappa shape index (κ1) is 19.4. The fraction of sp³-hybridized carbons (Fsp3) is 0.278. The van der Waals surface area contributed by atoms with Crippen LogP contribution in [-0.2, 0) is 15.8 Å². The van der Waals surface area contributed by atoms with Crippen LogP contribution in [0.2, 0.25) is 0 Å². The van der Waals surface area contributed by atoms with Gasteiger partial charge in [-0.25, -0.2) is 31.8 Å². The summed E-state index contributed by atoms with van der Waals surface area (Å²) in [6.07, 6.45) is 4.86. The minimum absolute atomic E-state index is 0.0876. The molecule has 0 saturated carbocycles. The van der Waals surface area contributed by atoms with E-state index in [0.717, 1.165) is 12.1 Å². The van der Waals surface area contributed by atoms with Crippen LogP contribution in [0.4, 0.5) is 14.6 Å². The molecule has 29 heavy (non-hydrogen) atoms. The minimum Gasteiger partial charge on any atom is -0.354 e. The molecule has 8 nitrogen and oxygen atoms in total. The van der Waals surface area contributed by atoms with Crippen molar-refractivity contribution in [1.82, 2.24) is 24.1 Å². The Morgan fingerprint density at radius 3 is 2.28 bits per heavy atom. The molecule has 11 heteroatoms. The highest BCUT2D eigenvalue weighted by Crippen LogP contribution is 2.19. The van der Waals surface area contributed by atoms with Crippen molar-refractivity contribution in [1.29, 1.82) is 0 Å². The summed E-state index contributed by atoms with van der Waals surface area (Å²) in [4.78, 5) is 10.4. The zero-order chi connectivity index (χ0) is 20.4. The summed E-state index contributed by atoms with van der Waals surface area (Å²) < 4.78 is 55.0. The molecule has 1 aromatic carbocycles. The predicted octanol–water partition coefficient (Wildman–Crippen LogP) is 1.59. The number of nitrogens with zero attached hydrogens (tertiary/aromatic N) is 6. The Bertz CT molecular complexity index is 1080. The number of anilines is 1. The van der Waals surface area contributed by atoms with E-state index in [1.54, 1.807) is 29.2 Å². The van der Waals surface area contributed by atoms with E-state index in [1.165, 1.54) is 10.6 Å². The van der Waals surface area contributed by atoms with Crippen molar-refractivity contribution in [3.8, 4) is 5.82 Å². The van der Waals surface area contributed by atoms with Crippen molar-refractivity contribution >= 4 is 15.8 Å². The van der Waals surface area contributed by atoms with Gasteiger partial charge in [0, 0.05) is 50.7 Å². The number of aromatic nitrogens is 4. The molecule has 1 aliphatic rings. The van der Waals surface area contributed by atoms with E-state index >= 15 is 0 Å². The second kappa shape index (κ2) is 7.84. The standard InChI is InChI=1S/C18H18F2N6O2S/c19-15-8-14(9-16(20)10-15)12-29(27,28)25-6-4-24(5-7-25)17-11-18(22-13-21-17)26-3-1-2-23-26/h1-3,8-11,13H,4-7,12H2. The Morgan fingerprint density at radius 2 is 1.62 bits per heavy atom. The Labute approximate surface area is 166 Å². The van der Waals surface area contributed by atoms with Crippen LogP contribution in [0.5, 0.6) is 0 Å². The second-order valence-corrected chi connectivity index (χ2v) is 8.57. The van der Waals surface area contributed by atoms with E-state index < -0.39 is 27.4 Å². The molecule has 1 aliphatic heterocycles. The average Bonchev–Trinajstić information content (AvgIpc) is 3.22. The summed E-state index contributed by atoms with van der Waals surface area (Å²) in [7, 11) is -3.69. The van der Waals surface area contributed by atoms with Gasteiger partial charge in [0.1, 0.15) is 23.8 Å². The van der Waals surface area contributed by atoms with Gasteiger partial charge in [0.05, 0.1) is 5.75 Å². The SMILES string of the molecule is O=S(=O)(Cc1cc(F)cc(F)c1)N1CCN(c2cc(-n3cccn3)ncn2)CC1. The van der Waals surface area contributed by atoms with Gasteiger partial charge in [0.15, 0.2) is 5.82 Å². The lowest BCUT2D eigenvalue weighted by atomic mass is 10.2. The molecule has 2 aromatic heterocycles. The van der Waals surface area contributed by atoms with Gasteiger partial charge >= 0.3 is 0 Å². The third-order valence-corrected chi connectivity index (χ3v) is 6.45. The summed E-state index contributed by atoms with van der Waals surface area (Å²) in [5.74, 6) is -0.745. The van der Waals surface area contributed by atoms with Crippen LogP contribution in [0.25, 0.3) is 5.82 Å². The van der Waals surface area contributed by atoms with E-state index in [4.69, 9.17) is 0 Å². The lowest BCUT2D eigenvalue weighted by Gasteiger charge is -2.34. The van der Waals surface area contributed by atoms with Crippen LogP contribution in [0, 0.1) is 11.6 Å². The summed E-state index contributed by atoms with van der Waals surface area (Å²) in [5.41, 5.74) is 0.0876. The van der Waals surface area contributed by atoms with E-state index in [9.17, 15) is 17.2 Å². The molecule has 0 radical (unpaired) electrons. The Balaban J connectivity index is 1.43. The molecule has 0 bridgehead atoms. The van der Waals surface area contributed by atoms with E-state index in [0.29, 0.717) is 30.8 Å². The van der Waals surface area contributed by atoms with Gasteiger partial charge < -0.3 is 4.90 Å². The molecule has 0 unspecified atom stereocenters. The first-order valence-electron chi connectivity index (χ1n) is 8.90. The van der Waals surface area contributed by atoms with E-state index in [1.807, 2.05) is 4.90 Å². The summed E-state index contributed by atoms with van der Waals surface area (Å²) >= 11 is 0. The van der Waals surface area contributed by atoms with Crippen LogP contribution in [0.3, 0.4) is 0 Å². The first-order chi connectivity index (χ1) is 13.9. The maximum absolute atomic E-state index is 13.3. The first-order valence-corrected chi connectivity index (χ1v) is 10.5. The van der Waals surface area contributed by atoms with Gasteiger partial charge in [0.2, 0.25) is 10.0 Å². The number of halogens is 2. The molecule has 152 valence electrons. The highest BCUT2D eigenvalue weighted by molar-refractivity contribution is 7.88. The predicted molar refractivity (Wildman–Crippen MR) is 102 cm³/mol. The molecule has 3 heterocycles. The van der Waals surface area contributed by atoms with Gasteiger partial charge in [0.25, 0.3) is 0 Å². The third-order valence-electron chi connectivity index (χ3n) is 4.60. The molecular formula is C18H18F2N6O2S. The fourth-order valence-corrected chi connectivity index (χ4v) is 4.72. The van der Waals surface area contributed by atoms with Crippen molar-refractivity contribution in [3.63, 3.8) is 0 Å². The van der Waals surface area contributed by atoms with E-state index in [-0.39, 0.29) is 18.7 Å². The maximum atomic E-state index is 13.3. The summed E-state index contributed by atoms with van der Waals surface area (Å²) in [5, 5.41) is 4.14. The highest BCUT2D eigenvalue weighted by Gasteiger charge is 2.28. The van der Waals surface area contributed by atoms with Crippen molar-refractivity contribution in [2.75, 3.05) is 31.1 Å². The number of piperazine rings is 1. The molecule has 0 aliphatic carbocycles. The Kier molecular flexibility index (Phi) is 5.24. The van der Waals surface area contributed by atoms with Crippen molar-refractivity contribution in [3.05, 3.63) is 66.3 Å². The van der Waals surface area contributed by atoms with Crippen LogP contribution >= 0.6 is 0 Å². The van der Waals surface area contributed by atoms with Crippen molar-refractivity contribution in [2.24, 2.45) is 0 Å². The zero-order valence-electron chi connectivity index (χ0n) is 15.3. The molecule has 0 N–H and O–H groups in total. The lowest BCUT2D eigenvalue weighted by molar-refractivity contribution is 0.383. The molecule has 0 spiro atoms. The number of rotatable bonds is 5. The van der Waals surface area contributed by atoms with Crippen molar-refractivity contribution < 1.29 is 17.2 Å². The average molecular weight is 420 g/mol. The smallest absolute Gasteiger partial charge is 0.218 e. The molecule has 1 saturated heterocycles. The summed E-state index contributed by atoms with van der Waals surface area (Å²) in [6.45, 7) is 1.38. The lowest BCUT2D eigenvalue weighted by Crippen LogP contribution is -2.49. The quantitative estimate of drug-likeness (QED) is 0.623. The fourth-order valence-electron chi connectivity index (χ4n) is 3.23.